The highest BCUT2D eigenvalue weighted by molar-refractivity contribution is 7.80. The lowest BCUT2D eigenvalue weighted by Crippen LogP contribution is -2.49. The van der Waals surface area contributed by atoms with Gasteiger partial charge in [0, 0.05) is 16.7 Å². The summed E-state index contributed by atoms with van der Waals surface area (Å²) in [7, 11) is -3.14. The third-order valence-corrected chi connectivity index (χ3v) is 8.33. The number of rotatable bonds is 6. The summed E-state index contributed by atoms with van der Waals surface area (Å²) in [5.41, 5.74) is 0. The zero-order chi connectivity index (χ0) is 17.1. The van der Waals surface area contributed by atoms with Crippen molar-refractivity contribution < 1.29 is 9.77 Å². The molecular weight excluding hydrogens is 305 g/mol. The van der Waals surface area contributed by atoms with E-state index in [0.717, 1.165) is 22.1 Å². The van der Waals surface area contributed by atoms with Gasteiger partial charge in [0.1, 0.15) is 5.28 Å². The van der Waals surface area contributed by atoms with Crippen molar-refractivity contribution in [2.24, 2.45) is 0 Å². The Morgan fingerprint density at radius 1 is 0.957 bits per heavy atom. The van der Waals surface area contributed by atoms with Crippen molar-refractivity contribution in [1.29, 1.82) is 0 Å². The monoisotopic (exact) mass is 330 g/mol. The summed E-state index contributed by atoms with van der Waals surface area (Å²) in [4.78, 5) is 0. The lowest BCUT2D eigenvalue weighted by molar-refractivity contribution is -0.217. The Morgan fingerprint density at radius 3 is 1.70 bits per heavy atom. The van der Waals surface area contributed by atoms with Gasteiger partial charge in [0.25, 0.3) is 0 Å². The fourth-order valence-corrected chi connectivity index (χ4v) is 6.12. The van der Waals surface area contributed by atoms with E-state index in [-0.39, 0.29) is 6.04 Å². The topological polar surface area (TPSA) is 40.2 Å². The minimum Gasteiger partial charge on any atom is -0.312 e. The second kappa shape index (κ2) is 7.00. The molecule has 23 heavy (non-hydrogen) atoms. The summed E-state index contributed by atoms with van der Waals surface area (Å²) >= 11 is 0. The Labute approximate surface area is 139 Å². The number of hydrogen-bond acceptors (Lipinski definition) is 2. The normalized spacial score (nSPS) is 14.0. The third-order valence-electron chi connectivity index (χ3n) is 4.54. The van der Waals surface area contributed by atoms with E-state index in [4.69, 9.17) is 0 Å². The van der Waals surface area contributed by atoms with E-state index in [1.807, 2.05) is 74.5 Å². The van der Waals surface area contributed by atoms with Gasteiger partial charge in [-0.1, -0.05) is 67.6 Å². The second-order valence-corrected chi connectivity index (χ2v) is 9.70. The van der Waals surface area contributed by atoms with Crippen LogP contribution in [-0.4, -0.2) is 16.4 Å². The van der Waals surface area contributed by atoms with Crippen LogP contribution in [0.2, 0.25) is 0 Å². The van der Waals surface area contributed by atoms with Crippen LogP contribution < -0.4 is 10.6 Å². The molecule has 0 saturated heterocycles. The summed E-state index contributed by atoms with van der Waals surface area (Å²) < 4.78 is 14.3. The molecule has 4 heteroatoms. The van der Waals surface area contributed by atoms with Gasteiger partial charge in [0.05, 0.1) is 0 Å². The van der Waals surface area contributed by atoms with E-state index in [9.17, 15) is 9.77 Å². The van der Waals surface area contributed by atoms with Crippen LogP contribution in [0.15, 0.2) is 60.7 Å². The average molecular weight is 330 g/mol. The molecule has 0 heterocycles. The van der Waals surface area contributed by atoms with Gasteiger partial charge in [-0.25, -0.2) is 0 Å². The van der Waals surface area contributed by atoms with Crippen LogP contribution in [0, 0.1) is 0 Å². The smallest absolute Gasteiger partial charge is 0.164 e. The Balaban J connectivity index is 2.67. The Kier molecular flexibility index (Phi) is 5.46. The number of hydrogen-bond donors (Lipinski definition) is 0. The lowest BCUT2D eigenvalue weighted by Gasteiger charge is -2.41. The van der Waals surface area contributed by atoms with Gasteiger partial charge in [-0.2, -0.15) is 0 Å². The molecule has 0 aliphatic carbocycles. The van der Waals surface area contributed by atoms with E-state index in [1.165, 1.54) is 0 Å². The standard InChI is InChI=1S/C19H25NO2P/c1-5-16(2)20(21)19(3,4)23(22,17-12-8-6-9-13-17)18-14-10-7-11-15-18/h6-16H,5H2,1-4H3. The number of benzene rings is 2. The van der Waals surface area contributed by atoms with Crippen LogP contribution in [0.4, 0.5) is 0 Å². The first kappa shape index (κ1) is 17.9. The molecule has 0 aliphatic heterocycles. The number of nitrogens with zero attached hydrogens (tertiary/aromatic N) is 1. The van der Waals surface area contributed by atoms with Gasteiger partial charge < -0.3 is 4.57 Å². The molecule has 1 radical (unpaired) electrons. The van der Waals surface area contributed by atoms with Crippen molar-refractivity contribution in [3.8, 4) is 0 Å². The maximum Gasteiger partial charge on any atom is 0.164 e. The lowest BCUT2D eigenvalue weighted by atomic mass is 10.2. The fraction of sp³-hybridized carbons (Fsp3) is 0.368. The van der Waals surface area contributed by atoms with Crippen LogP contribution in [0.3, 0.4) is 0 Å². The average Bonchev–Trinajstić information content (AvgIpc) is 2.60. The molecule has 0 bridgehead atoms. The summed E-state index contributed by atoms with van der Waals surface area (Å²) in [5.74, 6) is 0. The molecule has 2 rings (SSSR count). The maximum atomic E-state index is 14.3. The van der Waals surface area contributed by atoms with E-state index in [2.05, 4.69) is 0 Å². The van der Waals surface area contributed by atoms with E-state index in [1.54, 1.807) is 13.8 Å². The van der Waals surface area contributed by atoms with Gasteiger partial charge >= 0.3 is 0 Å². The summed E-state index contributed by atoms with van der Waals surface area (Å²) in [5, 5.41) is 14.4. The molecule has 123 valence electrons. The van der Waals surface area contributed by atoms with Crippen molar-refractivity contribution in [1.82, 2.24) is 5.06 Å². The first-order valence-electron chi connectivity index (χ1n) is 8.03. The predicted octanol–water partition coefficient (Wildman–Crippen LogP) is 4.18. The minimum absolute atomic E-state index is 0.189. The van der Waals surface area contributed by atoms with E-state index in [0.29, 0.717) is 0 Å². The summed E-state index contributed by atoms with van der Waals surface area (Å²) in [6.07, 6.45) is 0.719. The molecule has 0 aliphatic rings. The van der Waals surface area contributed by atoms with Crippen molar-refractivity contribution >= 4 is 17.8 Å². The van der Waals surface area contributed by atoms with E-state index >= 15 is 0 Å². The van der Waals surface area contributed by atoms with Gasteiger partial charge in [-0.15, -0.1) is 10.3 Å². The van der Waals surface area contributed by atoms with Crippen LogP contribution in [0.1, 0.15) is 34.1 Å². The van der Waals surface area contributed by atoms with Gasteiger partial charge in [0.2, 0.25) is 0 Å². The molecule has 3 nitrogen and oxygen atoms in total. The van der Waals surface area contributed by atoms with Gasteiger partial charge in [-0.05, 0) is 27.2 Å². The summed E-state index contributed by atoms with van der Waals surface area (Å²) in [6.45, 7) is 7.45. The first-order valence-corrected chi connectivity index (χ1v) is 9.74. The molecular formula is C19H25NO2P. The van der Waals surface area contributed by atoms with Gasteiger partial charge in [0.15, 0.2) is 7.14 Å². The summed E-state index contributed by atoms with van der Waals surface area (Å²) in [6, 6.07) is 18.5. The first-order chi connectivity index (χ1) is 10.9. The van der Waals surface area contributed by atoms with Crippen molar-refractivity contribution in [2.75, 3.05) is 0 Å². The molecule has 0 aromatic heterocycles. The quantitative estimate of drug-likeness (QED) is 0.589. The SMILES string of the molecule is CCC(C)N([O])C(C)(C)P(=O)(c1ccccc1)c1ccccc1. The highest BCUT2D eigenvalue weighted by atomic mass is 31.2. The molecule has 2 aromatic carbocycles. The molecule has 0 amide bonds. The zero-order valence-electron chi connectivity index (χ0n) is 14.3. The molecule has 2 aromatic rings. The van der Waals surface area contributed by atoms with Crippen LogP contribution >= 0.6 is 7.14 Å². The second-order valence-electron chi connectivity index (χ2n) is 6.36. The third kappa shape index (κ3) is 3.14. The molecule has 0 saturated carbocycles. The Hall–Kier alpha value is -1.41. The zero-order valence-corrected chi connectivity index (χ0v) is 15.2. The van der Waals surface area contributed by atoms with Crippen LogP contribution in [0.5, 0.6) is 0 Å². The maximum absolute atomic E-state index is 14.3. The van der Waals surface area contributed by atoms with Crippen molar-refractivity contribution in [2.45, 2.75) is 45.4 Å². The van der Waals surface area contributed by atoms with Crippen molar-refractivity contribution in [3.05, 3.63) is 60.7 Å². The fourth-order valence-electron chi connectivity index (χ4n) is 2.90. The highest BCUT2D eigenvalue weighted by Crippen LogP contribution is 2.57. The largest absolute Gasteiger partial charge is 0.312 e. The molecule has 0 spiro atoms. The number of hydroxylamine groups is 2. The van der Waals surface area contributed by atoms with Crippen LogP contribution in [-0.2, 0) is 9.77 Å². The van der Waals surface area contributed by atoms with Crippen LogP contribution in [0.25, 0.3) is 0 Å². The molecule has 0 fully saturated rings. The Bertz CT molecular complexity index is 627. The Morgan fingerprint density at radius 2 is 1.35 bits per heavy atom. The van der Waals surface area contributed by atoms with Crippen molar-refractivity contribution in [3.63, 3.8) is 0 Å². The highest BCUT2D eigenvalue weighted by Gasteiger charge is 2.49. The minimum atomic E-state index is -3.14. The molecule has 1 atom stereocenters. The molecule has 0 N–H and O–H groups in total. The molecule has 1 unspecified atom stereocenters. The predicted molar refractivity (Wildman–Crippen MR) is 96.1 cm³/mol. The van der Waals surface area contributed by atoms with E-state index < -0.39 is 12.4 Å². The van der Waals surface area contributed by atoms with Gasteiger partial charge in [-0.3, -0.25) is 0 Å².